The number of nitrogens with one attached hydrogen (secondary N) is 3. The number of phenolic OH excluding ortho intramolecular Hbond substituents is 1. The van der Waals surface area contributed by atoms with Gasteiger partial charge >= 0.3 is 12.1 Å². The SMILES string of the molecule is CNc1nc(C(F)(F)F)c(C=C(NC(=O)c2ccc(C(=O)NCc3cccc(O)c3)cc2Cl)C(=O)O)s1. The van der Waals surface area contributed by atoms with Gasteiger partial charge < -0.3 is 26.2 Å². The van der Waals surface area contributed by atoms with Crippen LogP contribution in [0, 0.1) is 0 Å². The number of hydrogen-bond donors (Lipinski definition) is 5. The molecule has 3 aromatic rings. The second-order valence-electron chi connectivity index (χ2n) is 7.34. The second-order valence-corrected chi connectivity index (χ2v) is 8.78. The molecule has 2 amide bonds. The number of aromatic hydroxyl groups is 1. The van der Waals surface area contributed by atoms with Crippen molar-refractivity contribution in [2.45, 2.75) is 12.7 Å². The first-order chi connectivity index (χ1) is 17.4. The Morgan fingerprint density at radius 1 is 1.14 bits per heavy atom. The number of carbonyl (C=O) groups excluding carboxylic acids is 2. The molecular formula is C23H18ClF3N4O5S. The molecule has 9 nitrogen and oxygen atoms in total. The van der Waals surface area contributed by atoms with Gasteiger partial charge in [0.05, 0.1) is 15.5 Å². The molecule has 0 saturated carbocycles. The minimum Gasteiger partial charge on any atom is -0.508 e. The molecule has 2 aromatic carbocycles. The lowest BCUT2D eigenvalue weighted by molar-refractivity contribution is -0.141. The number of amides is 2. The van der Waals surface area contributed by atoms with Crippen LogP contribution in [0.15, 0.2) is 48.2 Å². The summed E-state index contributed by atoms with van der Waals surface area (Å²) in [7, 11) is 1.35. The van der Waals surface area contributed by atoms with E-state index in [-0.39, 0.29) is 33.6 Å². The van der Waals surface area contributed by atoms with E-state index in [0.29, 0.717) is 23.0 Å². The number of aromatic nitrogens is 1. The number of carboxylic acid groups (broad SMARTS) is 1. The van der Waals surface area contributed by atoms with Gasteiger partial charge in [-0.15, -0.1) is 0 Å². The van der Waals surface area contributed by atoms with Crippen LogP contribution in [0.1, 0.15) is 36.9 Å². The van der Waals surface area contributed by atoms with Crippen LogP contribution in [-0.2, 0) is 17.5 Å². The van der Waals surface area contributed by atoms with Crippen LogP contribution in [0.25, 0.3) is 6.08 Å². The summed E-state index contributed by atoms with van der Waals surface area (Å²) in [5, 5.41) is 25.7. The number of carboxylic acids is 1. The molecule has 0 aliphatic heterocycles. The fourth-order valence-corrected chi connectivity index (χ4v) is 4.15. The fraction of sp³-hybridized carbons (Fsp3) is 0.130. The Balaban J connectivity index is 1.78. The van der Waals surface area contributed by atoms with Crippen molar-refractivity contribution >= 4 is 51.9 Å². The number of rotatable bonds is 8. The summed E-state index contributed by atoms with van der Waals surface area (Å²) in [5.74, 6) is -3.21. The van der Waals surface area contributed by atoms with E-state index >= 15 is 0 Å². The fourth-order valence-electron chi connectivity index (χ4n) is 3.00. The predicted molar refractivity (Wildman–Crippen MR) is 130 cm³/mol. The maximum atomic E-state index is 13.3. The van der Waals surface area contributed by atoms with Crippen molar-refractivity contribution in [1.29, 1.82) is 0 Å². The van der Waals surface area contributed by atoms with E-state index in [9.17, 15) is 37.8 Å². The summed E-state index contributed by atoms with van der Waals surface area (Å²) >= 11 is 6.68. The lowest BCUT2D eigenvalue weighted by atomic mass is 10.1. The number of benzene rings is 2. The van der Waals surface area contributed by atoms with Crippen molar-refractivity contribution in [2.75, 3.05) is 12.4 Å². The van der Waals surface area contributed by atoms with Gasteiger partial charge in [-0.25, -0.2) is 9.78 Å². The molecule has 0 atom stereocenters. The normalized spacial score (nSPS) is 11.6. The number of nitrogens with zero attached hydrogens (tertiary/aromatic N) is 1. The zero-order valence-electron chi connectivity index (χ0n) is 18.8. The lowest BCUT2D eigenvalue weighted by Crippen LogP contribution is -2.28. The first kappa shape index (κ1) is 27.5. The van der Waals surface area contributed by atoms with Crippen molar-refractivity contribution in [3.63, 3.8) is 0 Å². The number of anilines is 1. The van der Waals surface area contributed by atoms with E-state index in [0.717, 1.165) is 0 Å². The first-order valence-corrected chi connectivity index (χ1v) is 11.5. The third-order valence-corrected chi connectivity index (χ3v) is 6.06. The predicted octanol–water partition coefficient (Wildman–Crippen LogP) is 4.35. The highest BCUT2D eigenvalue weighted by atomic mass is 35.5. The van der Waals surface area contributed by atoms with Gasteiger partial charge in [0.1, 0.15) is 11.4 Å². The summed E-state index contributed by atoms with van der Waals surface area (Å²) < 4.78 is 39.9. The Morgan fingerprint density at radius 2 is 1.86 bits per heavy atom. The number of thiazole rings is 1. The number of phenols is 1. The molecular weight excluding hydrogens is 537 g/mol. The number of hydrogen-bond acceptors (Lipinski definition) is 7. The van der Waals surface area contributed by atoms with E-state index in [1.807, 2.05) is 5.32 Å². The molecule has 0 aliphatic rings. The smallest absolute Gasteiger partial charge is 0.434 e. The van der Waals surface area contributed by atoms with Crippen LogP contribution in [0.2, 0.25) is 5.02 Å². The zero-order chi connectivity index (χ0) is 27.3. The Labute approximate surface area is 216 Å². The summed E-state index contributed by atoms with van der Waals surface area (Å²) in [6, 6.07) is 9.88. The van der Waals surface area contributed by atoms with Crippen molar-refractivity contribution < 1.29 is 37.8 Å². The molecule has 0 spiro atoms. The molecule has 0 unspecified atom stereocenters. The van der Waals surface area contributed by atoms with Gasteiger partial charge in [-0.3, -0.25) is 9.59 Å². The Morgan fingerprint density at radius 3 is 2.46 bits per heavy atom. The van der Waals surface area contributed by atoms with Gasteiger partial charge in [-0.2, -0.15) is 13.2 Å². The van der Waals surface area contributed by atoms with Crippen LogP contribution < -0.4 is 16.0 Å². The van der Waals surface area contributed by atoms with E-state index in [1.54, 1.807) is 12.1 Å². The molecule has 37 heavy (non-hydrogen) atoms. The van der Waals surface area contributed by atoms with Crippen LogP contribution in [-0.4, -0.2) is 40.0 Å². The third kappa shape index (κ3) is 6.98. The maximum Gasteiger partial charge on any atom is 0.434 e. The minimum atomic E-state index is -4.86. The summed E-state index contributed by atoms with van der Waals surface area (Å²) in [6.45, 7) is 0.104. The highest BCUT2D eigenvalue weighted by molar-refractivity contribution is 7.16. The monoisotopic (exact) mass is 554 g/mol. The van der Waals surface area contributed by atoms with E-state index in [2.05, 4.69) is 15.6 Å². The van der Waals surface area contributed by atoms with Crippen molar-refractivity contribution in [3.05, 3.63) is 80.4 Å². The van der Waals surface area contributed by atoms with Crippen LogP contribution >= 0.6 is 22.9 Å². The van der Waals surface area contributed by atoms with Gasteiger partial charge in [-0.1, -0.05) is 35.1 Å². The Kier molecular flexibility index (Phi) is 8.40. The van der Waals surface area contributed by atoms with E-state index in [1.165, 1.54) is 37.4 Å². The van der Waals surface area contributed by atoms with Gasteiger partial charge in [-0.05, 0) is 42.0 Å². The Bertz CT molecular complexity index is 1390. The number of halogens is 4. The summed E-state index contributed by atoms with van der Waals surface area (Å²) in [5.41, 5.74) is -1.64. The van der Waals surface area contributed by atoms with E-state index < -0.39 is 40.2 Å². The molecule has 1 heterocycles. The largest absolute Gasteiger partial charge is 0.508 e. The molecule has 3 rings (SSSR count). The quantitative estimate of drug-likeness (QED) is 0.261. The highest BCUT2D eigenvalue weighted by Crippen LogP contribution is 2.37. The van der Waals surface area contributed by atoms with Gasteiger partial charge in [0.2, 0.25) is 0 Å². The number of carbonyl (C=O) groups is 3. The molecule has 0 aliphatic carbocycles. The van der Waals surface area contributed by atoms with E-state index in [4.69, 9.17) is 11.6 Å². The van der Waals surface area contributed by atoms with Crippen LogP contribution in [0.3, 0.4) is 0 Å². The van der Waals surface area contributed by atoms with Gasteiger partial charge in [0.15, 0.2) is 10.8 Å². The van der Waals surface area contributed by atoms with Crippen LogP contribution in [0.4, 0.5) is 18.3 Å². The number of aliphatic carboxylic acids is 1. The minimum absolute atomic E-state index is 0.0346. The van der Waals surface area contributed by atoms with Crippen molar-refractivity contribution in [2.24, 2.45) is 0 Å². The molecule has 0 bridgehead atoms. The first-order valence-electron chi connectivity index (χ1n) is 10.3. The molecule has 0 saturated heterocycles. The molecule has 0 radical (unpaired) electrons. The molecule has 0 fully saturated rings. The highest BCUT2D eigenvalue weighted by Gasteiger charge is 2.37. The maximum absolute atomic E-state index is 13.3. The van der Waals surface area contributed by atoms with Crippen molar-refractivity contribution in [1.82, 2.24) is 15.6 Å². The molecule has 5 N–H and O–H groups in total. The standard InChI is InChI=1S/C23H18ClF3N4O5S/c1-28-22-31-18(23(25,26)27)17(37-22)9-16(21(35)36)30-20(34)14-6-5-12(8-15(14)24)19(33)29-10-11-3-2-4-13(32)7-11/h2-9,32H,10H2,1H3,(H,28,31)(H,29,33)(H,30,34)(H,35,36). The average molecular weight is 555 g/mol. The third-order valence-electron chi connectivity index (χ3n) is 4.73. The number of alkyl halides is 3. The molecule has 1 aromatic heterocycles. The second kappa shape index (κ2) is 11.3. The molecule has 194 valence electrons. The molecule has 14 heteroatoms. The van der Waals surface area contributed by atoms with Gasteiger partial charge in [0, 0.05) is 19.2 Å². The van der Waals surface area contributed by atoms with Crippen LogP contribution in [0.5, 0.6) is 5.75 Å². The zero-order valence-corrected chi connectivity index (χ0v) is 20.4. The lowest BCUT2D eigenvalue weighted by Gasteiger charge is -2.10. The van der Waals surface area contributed by atoms with Gasteiger partial charge in [0.25, 0.3) is 11.8 Å². The average Bonchev–Trinajstić information content (AvgIpc) is 3.25. The summed E-state index contributed by atoms with van der Waals surface area (Å²) in [4.78, 5) is 39.6. The summed E-state index contributed by atoms with van der Waals surface area (Å²) in [6.07, 6.45) is -4.20. The Hall–Kier alpha value is -4.10. The topological polar surface area (TPSA) is 141 Å². The van der Waals surface area contributed by atoms with Crippen molar-refractivity contribution in [3.8, 4) is 5.75 Å².